The summed E-state index contributed by atoms with van der Waals surface area (Å²) in [6, 6.07) is 51.9. The molecule has 0 radical (unpaired) electrons. The highest BCUT2D eigenvalue weighted by atomic mass is 32.1. The van der Waals surface area contributed by atoms with E-state index in [4.69, 9.17) is 14.2 Å². The van der Waals surface area contributed by atoms with Gasteiger partial charge in [0.1, 0.15) is 19.8 Å². The van der Waals surface area contributed by atoms with E-state index in [1.165, 1.54) is 0 Å². The van der Waals surface area contributed by atoms with Crippen LogP contribution in [0.2, 0.25) is 0 Å². The minimum atomic E-state index is -0.350. The van der Waals surface area contributed by atoms with Crippen molar-refractivity contribution in [3.8, 4) is 17.2 Å². The van der Waals surface area contributed by atoms with Gasteiger partial charge in [-0.1, -0.05) is 164 Å². The predicted molar refractivity (Wildman–Crippen MR) is 235 cm³/mol. The summed E-state index contributed by atoms with van der Waals surface area (Å²) in [7, 11) is 0. The number of thiol groups is 1. The van der Waals surface area contributed by atoms with Crippen LogP contribution < -0.4 is 19.5 Å². The van der Waals surface area contributed by atoms with E-state index in [9.17, 15) is 19.2 Å². The molecule has 7 aromatic rings. The van der Waals surface area contributed by atoms with Gasteiger partial charge in [0.05, 0.1) is 0 Å². The second-order valence-electron chi connectivity index (χ2n) is 13.8. The van der Waals surface area contributed by atoms with Crippen molar-refractivity contribution < 1.29 is 33.4 Å². The lowest BCUT2D eigenvalue weighted by molar-refractivity contribution is 0.0953. The Morgan fingerprint density at radius 3 is 1.05 bits per heavy atom. The average molecular weight is 812 g/mol. The molecule has 0 spiro atoms. The number of amides is 1. The van der Waals surface area contributed by atoms with Gasteiger partial charge in [-0.05, 0) is 28.8 Å². The zero-order valence-corrected chi connectivity index (χ0v) is 33.5. The molecule has 0 unspecified atom stereocenters. The molecule has 0 saturated heterocycles. The van der Waals surface area contributed by atoms with Crippen molar-refractivity contribution in [1.82, 2.24) is 5.32 Å². The van der Waals surface area contributed by atoms with Crippen molar-refractivity contribution in [2.75, 3.05) is 12.3 Å². The fourth-order valence-electron chi connectivity index (χ4n) is 6.34. The van der Waals surface area contributed by atoms with Crippen LogP contribution >= 0.6 is 12.6 Å². The van der Waals surface area contributed by atoms with E-state index in [-0.39, 0.29) is 65.9 Å². The van der Waals surface area contributed by atoms with E-state index < -0.39 is 0 Å². The molecule has 8 nitrogen and oxygen atoms in total. The lowest BCUT2D eigenvalue weighted by Crippen LogP contribution is -2.25. The van der Waals surface area contributed by atoms with Crippen LogP contribution in [0.15, 0.2) is 176 Å². The summed E-state index contributed by atoms with van der Waals surface area (Å²) in [4.78, 5) is 52.5. The summed E-state index contributed by atoms with van der Waals surface area (Å²) in [5.41, 5.74) is 6.04. The van der Waals surface area contributed by atoms with Crippen LogP contribution in [0.5, 0.6) is 17.2 Å². The van der Waals surface area contributed by atoms with Gasteiger partial charge in [0, 0.05) is 51.2 Å². The van der Waals surface area contributed by atoms with E-state index >= 15 is 0 Å². The third-order valence-electron chi connectivity index (χ3n) is 9.61. The molecule has 0 bridgehead atoms. The normalized spacial score (nSPS) is 10.7. The second kappa shape index (κ2) is 20.0. The number of ketones is 3. The fraction of sp³-hybridized carbons (Fsp3) is 0.0980. The Balaban J connectivity index is 1.16. The van der Waals surface area contributed by atoms with E-state index in [1.807, 2.05) is 91.0 Å². The maximum Gasteiger partial charge on any atom is 0.251 e. The third-order valence-corrected chi connectivity index (χ3v) is 9.83. The molecule has 0 aliphatic heterocycles. The lowest BCUT2D eigenvalue weighted by Gasteiger charge is -2.19. The Hall–Kier alpha value is -7.23. The van der Waals surface area contributed by atoms with Gasteiger partial charge in [0.15, 0.2) is 28.8 Å². The van der Waals surface area contributed by atoms with Gasteiger partial charge in [-0.25, -0.2) is 0 Å². The first-order chi connectivity index (χ1) is 29.4. The molecule has 1 amide bonds. The van der Waals surface area contributed by atoms with Crippen molar-refractivity contribution in [2.45, 2.75) is 19.8 Å². The number of hydrogen-bond acceptors (Lipinski definition) is 8. The maximum atomic E-state index is 13.4. The first-order valence-electron chi connectivity index (χ1n) is 19.4. The fourth-order valence-corrected chi connectivity index (χ4v) is 6.45. The first kappa shape index (κ1) is 40.9. The first-order valence-corrected chi connectivity index (χ1v) is 20.0. The quantitative estimate of drug-likeness (QED) is 0.0657. The summed E-state index contributed by atoms with van der Waals surface area (Å²) in [6.45, 7) is 0.608. The van der Waals surface area contributed by atoms with Crippen molar-refractivity contribution in [3.63, 3.8) is 0 Å². The Morgan fingerprint density at radius 2 is 0.717 bits per heavy atom. The Labute approximate surface area is 354 Å². The van der Waals surface area contributed by atoms with Gasteiger partial charge in [0.25, 0.3) is 5.91 Å². The number of ether oxygens (including phenoxy) is 3. The van der Waals surface area contributed by atoms with Crippen LogP contribution in [-0.2, 0) is 19.8 Å². The van der Waals surface area contributed by atoms with Crippen molar-refractivity contribution in [3.05, 3.63) is 232 Å². The standard InChI is InChI=1S/C51H41NO7S/c53-47(38-10-4-1-5-11-38)41-22-16-35(17-23-41)32-57-45-30-44(51(56)52-28-29-60)31-46(58-33-36-18-24-42(25-19-36)48(54)39-12-6-2-7-13-39)50(45)59-34-37-20-26-43(27-21-37)49(55)40-14-8-3-9-15-40/h1-27,30-31,60H,28-29,32-34H2,(H,52,56). The summed E-state index contributed by atoms with van der Waals surface area (Å²) < 4.78 is 19.3. The van der Waals surface area contributed by atoms with Gasteiger partial charge in [-0.3, -0.25) is 19.2 Å². The van der Waals surface area contributed by atoms with Gasteiger partial charge in [0.2, 0.25) is 5.75 Å². The molecule has 1 N–H and O–H groups in total. The molecule has 298 valence electrons. The lowest BCUT2D eigenvalue weighted by atomic mass is 10.0. The largest absolute Gasteiger partial charge is 0.485 e. The molecule has 0 aliphatic rings. The SMILES string of the molecule is O=C(NCCS)c1cc(OCc2ccc(C(=O)c3ccccc3)cc2)c(OCc2ccc(C(=O)c3ccccc3)cc2)c(OCc2ccc(C(=O)c3ccccc3)cc2)c1. The highest BCUT2D eigenvalue weighted by Gasteiger charge is 2.21. The molecule has 0 aliphatic carbocycles. The zero-order valence-electron chi connectivity index (χ0n) is 32.6. The monoisotopic (exact) mass is 811 g/mol. The van der Waals surface area contributed by atoms with Gasteiger partial charge in [-0.2, -0.15) is 12.6 Å². The van der Waals surface area contributed by atoms with Crippen LogP contribution in [0.1, 0.15) is 74.8 Å². The van der Waals surface area contributed by atoms with E-state index in [0.29, 0.717) is 45.7 Å². The number of benzene rings is 7. The van der Waals surface area contributed by atoms with Crippen LogP contribution in [-0.4, -0.2) is 35.6 Å². The van der Waals surface area contributed by atoms with Gasteiger partial charge in [-0.15, -0.1) is 0 Å². The third kappa shape index (κ3) is 10.4. The summed E-state index contributed by atoms with van der Waals surface area (Å²) in [6.07, 6.45) is 0. The molecule has 0 atom stereocenters. The molecular formula is C51H41NO7S. The molecule has 0 aromatic heterocycles. The predicted octanol–water partition coefficient (Wildman–Crippen LogP) is 9.78. The Morgan fingerprint density at radius 1 is 0.400 bits per heavy atom. The molecule has 7 rings (SSSR count). The van der Waals surface area contributed by atoms with Crippen molar-refractivity contribution in [1.29, 1.82) is 0 Å². The Kier molecular flexibility index (Phi) is 13.6. The summed E-state index contributed by atoms with van der Waals surface area (Å²) in [5.74, 6) is 0.608. The highest BCUT2D eigenvalue weighted by molar-refractivity contribution is 7.80. The van der Waals surface area contributed by atoms with Crippen molar-refractivity contribution >= 4 is 35.9 Å². The minimum absolute atomic E-state index is 0.0869. The van der Waals surface area contributed by atoms with Gasteiger partial charge < -0.3 is 19.5 Å². The molecule has 0 heterocycles. The zero-order chi connectivity index (χ0) is 41.7. The molecule has 7 aromatic carbocycles. The molecule has 9 heteroatoms. The number of nitrogens with one attached hydrogen (secondary N) is 1. The minimum Gasteiger partial charge on any atom is -0.485 e. The number of carbonyl (C=O) groups excluding carboxylic acids is 4. The van der Waals surface area contributed by atoms with E-state index in [1.54, 1.807) is 84.9 Å². The summed E-state index contributed by atoms with van der Waals surface area (Å²) >= 11 is 4.25. The number of rotatable bonds is 18. The van der Waals surface area contributed by atoms with Crippen molar-refractivity contribution in [2.24, 2.45) is 0 Å². The van der Waals surface area contributed by atoms with Crippen LogP contribution in [0.3, 0.4) is 0 Å². The average Bonchev–Trinajstić information content (AvgIpc) is 3.32. The topological polar surface area (TPSA) is 108 Å². The second-order valence-corrected chi connectivity index (χ2v) is 14.3. The molecular weight excluding hydrogens is 771 g/mol. The van der Waals surface area contributed by atoms with E-state index in [0.717, 1.165) is 16.7 Å². The molecule has 0 fully saturated rings. The maximum absolute atomic E-state index is 13.4. The number of hydrogen-bond donors (Lipinski definition) is 2. The van der Waals surface area contributed by atoms with Crippen LogP contribution in [0.4, 0.5) is 0 Å². The molecule has 60 heavy (non-hydrogen) atoms. The Bertz CT molecular complexity index is 2440. The highest BCUT2D eigenvalue weighted by Crippen LogP contribution is 2.40. The van der Waals surface area contributed by atoms with Crippen LogP contribution in [0.25, 0.3) is 0 Å². The van der Waals surface area contributed by atoms with E-state index in [2.05, 4.69) is 17.9 Å². The van der Waals surface area contributed by atoms with Crippen LogP contribution in [0, 0.1) is 0 Å². The van der Waals surface area contributed by atoms with Gasteiger partial charge >= 0.3 is 0 Å². The smallest absolute Gasteiger partial charge is 0.251 e. The molecule has 0 saturated carbocycles. The number of carbonyl (C=O) groups is 4. The summed E-state index contributed by atoms with van der Waals surface area (Å²) in [5, 5.41) is 2.86.